The van der Waals surface area contributed by atoms with E-state index < -0.39 is 47.3 Å². The van der Waals surface area contributed by atoms with Gasteiger partial charge in [-0.2, -0.15) is 0 Å². The predicted octanol–water partition coefficient (Wildman–Crippen LogP) is 4.74. The number of carbonyl (C=O) groups excluding carboxylic acids is 4. The highest BCUT2D eigenvalue weighted by Gasteiger charge is 2.68. The van der Waals surface area contributed by atoms with Gasteiger partial charge in [0, 0.05) is 17.6 Å². The van der Waals surface area contributed by atoms with Gasteiger partial charge < -0.3 is 18.9 Å². The van der Waals surface area contributed by atoms with Crippen molar-refractivity contribution in [1.82, 2.24) is 0 Å². The van der Waals surface area contributed by atoms with Crippen LogP contribution in [0.4, 0.5) is 0 Å². The molecule has 8 heteroatoms. The summed E-state index contributed by atoms with van der Waals surface area (Å²) in [7, 11) is 0. The molecule has 2 atom stereocenters. The lowest BCUT2D eigenvalue weighted by molar-refractivity contribution is -0.267. The fraction of sp³-hybridized carbons (Fsp3) is 0.714. The molecule has 0 amide bonds. The number of hydrogen-bond donors (Lipinski definition) is 0. The summed E-state index contributed by atoms with van der Waals surface area (Å²) >= 11 is 0. The molecule has 0 saturated heterocycles. The van der Waals surface area contributed by atoms with Gasteiger partial charge in [0.1, 0.15) is 23.4 Å². The van der Waals surface area contributed by atoms with E-state index >= 15 is 0 Å². The van der Waals surface area contributed by atoms with Gasteiger partial charge in [0.05, 0.1) is 12.8 Å². The van der Waals surface area contributed by atoms with Gasteiger partial charge in [-0.25, -0.2) is 9.59 Å². The second-order valence-electron chi connectivity index (χ2n) is 12.4. The van der Waals surface area contributed by atoms with Gasteiger partial charge in [0.15, 0.2) is 0 Å². The minimum atomic E-state index is -0.744. The molecule has 0 aromatic carbocycles. The molecule has 0 aromatic rings. The molecule has 4 fully saturated rings. The summed E-state index contributed by atoms with van der Waals surface area (Å²) in [6.45, 7) is 17.9. The van der Waals surface area contributed by atoms with Crippen LogP contribution in [-0.2, 0) is 38.1 Å². The molecule has 0 radical (unpaired) electrons. The van der Waals surface area contributed by atoms with Crippen LogP contribution >= 0.6 is 0 Å². The van der Waals surface area contributed by atoms with Crippen LogP contribution in [0.1, 0.15) is 92.9 Å². The van der Waals surface area contributed by atoms with E-state index in [-0.39, 0.29) is 34.8 Å². The molecule has 2 unspecified atom stereocenters. The minimum Gasteiger partial charge on any atom is -0.459 e. The van der Waals surface area contributed by atoms with E-state index in [9.17, 15) is 19.2 Å². The molecule has 0 heterocycles. The summed E-state index contributed by atoms with van der Waals surface area (Å²) in [6.07, 6.45) is 2.80. The lowest BCUT2D eigenvalue weighted by Gasteiger charge is -2.67. The summed E-state index contributed by atoms with van der Waals surface area (Å²) < 4.78 is 22.8. The van der Waals surface area contributed by atoms with Gasteiger partial charge in [0.25, 0.3) is 0 Å². The Kier molecular flexibility index (Phi) is 7.51. The first-order chi connectivity index (χ1) is 16.5. The van der Waals surface area contributed by atoms with Crippen molar-refractivity contribution < 1.29 is 38.1 Å². The SMILES string of the molecule is C=C(C)C(=O)OC(C)CC(=O)OC12CC3(C)CC(C)(C1)CC(OC(=O)CC(C)OC(=O)C(=C)C)(C3)C2. The maximum absolute atomic E-state index is 12.9. The van der Waals surface area contributed by atoms with E-state index in [1.807, 2.05) is 0 Å². The van der Waals surface area contributed by atoms with Gasteiger partial charge in [0.2, 0.25) is 0 Å². The quantitative estimate of drug-likeness (QED) is 0.239. The van der Waals surface area contributed by atoms with Crippen molar-refractivity contribution >= 4 is 23.9 Å². The van der Waals surface area contributed by atoms with Crippen LogP contribution in [0.5, 0.6) is 0 Å². The van der Waals surface area contributed by atoms with Crippen molar-refractivity contribution in [2.45, 2.75) is 116 Å². The van der Waals surface area contributed by atoms with Crippen LogP contribution in [0.15, 0.2) is 24.3 Å². The molecule has 4 saturated carbocycles. The fourth-order valence-corrected chi connectivity index (χ4v) is 7.38. The summed E-state index contributed by atoms with van der Waals surface area (Å²) in [6, 6.07) is 0. The van der Waals surface area contributed by atoms with Crippen LogP contribution in [0.3, 0.4) is 0 Å². The molecule has 0 aliphatic heterocycles. The lowest BCUT2D eigenvalue weighted by atomic mass is 9.42. The van der Waals surface area contributed by atoms with Crippen LogP contribution in [0.2, 0.25) is 0 Å². The maximum Gasteiger partial charge on any atom is 0.333 e. The zero-order valence-electron chi connectivity index (χ0n) is 22.5. The molecule has 4 aliphatic rings. The van der Waals surface area contributed by atoms with Crippen molar-refractivity contribution in [2.75, 3.05) is 0 Å². The van der Waals surface area contributed by atoms with Crippen molar-refractivity contribution in [3.05, 3.63) is 24.3 Å². The van der Waals surface area contributed by atoms with E-state index in [1.165, 1.54) is 0 Å². The van der Waals surface area contributed by atoms with Gasteiger partial charge in [-0.3, -0.25) is 9.59 Å². The van der Waals surface area contributed by atoms with Gasteiger partial charge >= 0.3 is 23.9 Å². The molecule has 0 aromatic heterocycles. The Morgan fingerprint density at radius 2 is 1.00 bits per heavy atom. The van der Waals surface area contributed by atoms with Gasteiger partial charge in [-0.15, -0.1) is 0 Å². The largest absolute Gasteiger partial charge is 0.459 e. The van der Waals surface area contributed by atoms with E-state index in [4.69, 9.17) is 18.9 Å². The second-order valence-corrected chi connectivity index (χ2v) is 12.4. The molecular weight excluding hydrogens is 464 g/mol. The molecule has 200 valence electrons. The third-order valence-electron chi connectivity index (χ3n) is 7.38. The van der Waals surface area contributed by atoms with E-state index in [0.29, 0.717) is 32.1 Å². The summed E-state index contributed by atoms with van der Waals surface area (Å²) in [5.41, 5.74) is -1.23. The Hall–Kier alpha value is -2.64. The minimum absolute atomic E-state index is 0.0629. The predicted molar refractivity (Wildman–Crippen MR) is 132 cm³/mol. The number of ether oxygens (including phenoxy) is 4. The number of hydrogen-bond acceptors (Lipinski definition) is 8. The molecule has 8 nitrogen and oxygen atoms in total. The molecule has 4 rings (SSSR count). The third-order valence-corrected chi connectivity index (χ3v) is 7.38. The smallest absolute Gasteiger partial charge is 0.333 e. The highest BCUT2D eigenvalue weighted by atomic mass is 16.6. The van der Waals surface area contributed by atoms with Crippen molar-refractivity contribution in [3.63, 3.8) is 0 Å². The van der Waals surface area contributed by atoms with Gasteiger partial charge in [-0.1, -0.05) is 27.0 Å². The first-order valence-electron chi connectivity index (χ1n) is 12.6. The first kappa shape index (κ1) is 27.9. The highest BCUT2D eigenvalue weighted by molar-refractivity contribution is 5.87. The average molecular weight is 505 g/mol. The first-order valence-corrected chi connectivity index (χ1v) is 12.6. The monoisotopic (exact) mass is 504 g/mol. The molecule has 0 N–H and O–H groups in total. The summed E-state index contributed by atoms with van der Waals surface area (Å²) in [5, 5.41) is 0. The van der Waals surface area contributed by atoms with Crippen LogP contribution in [-0.4, -0.2) is 47.3 Å². The zero-order valence-corrected chi connectivity index (χ0v) is 22.5. The highest BCUT2D eigenvalue weighted by Crippen LogP contribution is 2.69. The number of esters is 4. The topological polar surface area (TPSA) is 105 Å². The van der Waals surface area contributed by atoms with Crippen molar-refractivity contribution in [1.29, 1.82) is 0 Å². The molecule has 0 spiro atoms. The van der Waals surface area contributed by atoms with Crippen LogP contribution in [0.25, 0.3) is 0 Å². The molecular formula is C28H40O8. The Balaban J connectivity index is 1.70. The van der Waals surface area contributed by atoms with Gasteiger partial charge in [-0.05, 0) is 70.6 Å². The standard InChI is InChI=1S/C28H40O8/c1-17(2)23(31)33-19(5)9-21(29)35-27-12-25(7)11-26(8,13-27)15-28(14-25,16-27)36-22(30)10-20(6)34-24(32)18(3)4/h19-20H,1,3,9-16H2,2,4-8H3. The second kappa shape index (κ2) is 9.67. The number of carbonyl (C=O) groups is 4. The Bertz CT molecular complexity index is 888. The summed E-state index contributed by atoms with van der Waals surface area (Å²) in [5.74, 6) is -1.96. The van der Waals surface area contributed by atoms with E-state index in [1.54, 1.807) is 27.7 Å². The normalized spacial score (nSPS) is 33.7. The fourth-order valence-electron chi connectivity index (χ4n) is 7.38. The van der Waals surface area contributed by atoms with E-state index in [2.05, 4.69) is 27.0 Å². The van der Waals surface area contributed by atoms with Crippen molar-refractivity contribution in [2.24, 2.45) is 10.8 Å². The third kappa shape index (κ3) is 6.37. The Morgan fingerprint density at radius 1 is 0.667 bits per heavy atom. The summed E-state index contributed by atoms with van der Waals surface area (Å²) in [4.78, 5) is 49.4. The molecule has 4 bridgehead atoms. The number of rotatable bonds is 10. The van der Waals surface area contributed by atoms with E-state index in [0.717, 1.165) is 6.42 Å². The van der Waals surface area contributed by atoms with Crippen LogP contribution < -0.4 is 0 Å². The Morgan fingerprint density at radius 3 is 1.31 bits per heavy atom. The van der Waals surface area contributed by atoms with Crippen LogP contribution in [0, 0.1) is 10.8 Å². The molecule has 4 aliphatic carbocycles. The lowest BCUT2D eigenvalue weighted by Crippen LogP contribution is -2.67. The Labute approximate surface area is 213 Å². The zero-order chi connectivity index (χ0) is 27.1. The average Bonchev–Trinajstić information content (AvgIpc) is 2.62. The maximum atomic E-state index is 12.9. The van der Waals surface area contributed by atoms with Crippen molar-refractivity contribution in [3.8, 4) is 0 Å². The molecule has 36 heavy (non-hydrogen) atoms.